The van der Waals surface area contributed by atoms with Crippen LogP contribution in [0.15, 0.2) is 24.3 Å². The molecule has 25 heavy (non-hydrogen) atoms. The molecule has 0 atom stereocenters. The molecule has 0 aliphatic carbocycles. The van der Waals surface area contributed by atoms with E-state index < -0.39 is 16.0 Å². The number of anilines is 3. The van der Waals surface area contributed by atoms with E-state index in [1.54, 1.807) is 31.2 Å². The maximum Gasteiger partial charge on any atom is 0.338 e. The quantitative estimate of drug-likeness (QED) is 0.636. The zero-order valence-electron chi connectivity index (χ0n) is 13.9. The molecule has 1 aromatic carbocycles. The van der Waals surface area contributed by atoms with Gasteiger partial charge in [0.25, 0.3) is 0 Å². The molecule has 0 saturated heterocycles. The first-order valence-corrected chi connectivity index (χ1v) is 9.10. The lowest BCUT2D eigenvalue weighted by molar-refractivity contribution is 0.0526. The molecule has 0 fully saturated rings. The van der Waals surface area contributed by atoms with Crippen molar-refractivity contribution in [1.82, 2.24) is 14.8 Å². The summed E-state index contributed by atoms with van der Waals surface area (Å²) in [7, 11) is -2.09. The Kier molecular flexibility index (Phi) is 5.37. The molecule has 0 radical (unpaired) electrons. The lowest BCUT2D eigenvalue weighted by atomic mass is 10.2. The van der Waals surface area contributed by atoms with Gasteiger partial charge in [-0.2, -0.15) is 4.98 Å². The molecular weight excluding hydrogens is 348 g/mol. The standard InChI is InChI=1S/C14H18N6O4S/c1-4-24-13(21)9-5-7-10(8-6-9)16-14-17-12(19-25(3,22)23)11(15)20(2)18-14/h5-8,15H,4H2,1-3H3,(H2,16,17,18,19). The number of carbonyl (C=O) groups is 1. The summed E-state index contributed by atoms with van der Waals surface area (Å²) >= 11 is 0. The van der Waals surface area contributed by atoms with E-state index in [4.69, 9.17) is 10.1 Å². The summed E-state index contributed by atoms with van der Waals surface area (Å²) in [6.07, 6.45) is 0.968. The molecule has 0 unspecified atom stereocenters. The van der Waals surface area contributed by atoms with E-state index in [9.17, 15) is 13.2 Å². The topological polar surface area (TPSA) is 139 Å². The predicted molar refractivity (Wildman–Crippen MR) is 91.0 cm³/mol. The molecule has 11 heteroatoms. The number of esters is 1. The molecule has 2 rings (SSSR count). The van der Waals surface area contributed by atoms with Crippen molar-refractivity contribution in [2.24, 2.45) is 7.05 Å². The number of nitrogens with zero attached hydrogens (tertiary/aromatic N) is 3. The first kappa shape index (κ1) is 18.4. The van der Waals surface area contributed by atoms with Gasteiger partial charge < -0.3 is 10.1 Å². The van der Waals surface area contributed by atoms with Crippen molar-refractivity contribution in [3.8, 4) is 0 Å². The van der Waals surface area contributed by atoms with Gasteiger partial charge in [-0.1, -0.05) is 0 Å². The number of ether oxygens (including phenoxy) is 1. The smallest absolute Gasteiger partial charge is 0.338 e. The van der Waals surface area contributed by atoms with Crippen LogP contribution in [0.2, 0.25) is 0 Å². The monoisotopic (exact) mass is 366 g/mol. The number of benzene rings is 1. The van der Waals surface area contributed by atoms with Gasteiger partial charge in [0.05, 0.1) is 18.4 Å². The van der Waals surface area contributed by atoms with E-state index in [2.05, 4.69) is 20.1 Å². The van der Waals surface area contributed by atoms with Crippen molar-refractivity contribution in [1.29, 1.82) is 5.41 Å². The molecular formula is C14H18N6O4S. The maximum absolute atomic E-state index is 11.6. The Morgan fingerprint density at radius 1 is 1.32 bits per heavy atom. The average Bonchev–Trinajstić information content (AvgIpc) is 2.51. The number of carbonyl (C=O) groups excluding carboxylic acids is 1. The van der Waals surface area contributed by atoms with Crippen LogP contribution in [0, 0.1) is 5.41 Å². The predicted octanol–water partition coefficient (Wildman–Crippen LogP) is 0.586. The largest absolute Gasteiger partial charge is 0.462 e. The van der Waals surface area contributed by atoms with Crippen LogP contribution < -0.4 is 15.5 Å². The molecule has 134 valence electrons. The highest BCUT2D eigenvalue weighted by Crippen LogP contribution is 2.15. The van der Waals surface area contributed by atoms with Crippen LogP contribution in [-0.2, 0) is 21.8 Å². The molecule has 0 aliphatic rings. The summed E-state index contributed by atoms with van der Waals surface area (Å²) in [5.74, 6) is -0.478. The molecule has 0 saturated carbocycles. The Morgan fingerprint density at radius 3 is 2.52 bits per heavy atom. The minimum Gasteiger partial charge on any atom is -0.462 e. The second-order valence-corrected chi connectivity index (χ2v) is 6.80. The van der Waals surface area contributed by atoms with Gasteiger partial charge in [0, 0.05) is 12.7 Å². The van der Waals surface area contributed by atoms with E-state index in [-0.39, 0.29) is 17.3 Å². The van der Waals surface area contributed by atoms with Crippen molar-refractivity contribution in [3.05, 3.63) is 35.3 Å². The molecule has 2 aromatic rings. The zero-order chi connectivity index (χ0) is 18.6. The molecule has 10 nitrogen and oxygen atoms in total. The van der Waals surface area contributed by atoms with Crippen LogP contribution in [0.5, 0.6) is 0 Å². The van der Waals surface area contributed by atoms with Gasteiger partial charge in [0.15, 0.2) is 11.3 Å². The first-order valence-electron chi connectivity index (χ1n) is 7.21. The van der Waals surface area contributed by atoms with Gasteiger partial charge in [-0.15, -0.1) is 5.10 Å². The summed E-state index contributed by atoms with van der Waals surface area (Å²) in [6.45, 7) is 2.02. The Hall–Kier alpha value is -2.95. The normalized spacial score (nSPS) is 11.0. The summed E-state index contributed by atoms with van der Waals surface area (Å²) < 4.78 is 31.0. The Balaban J connectivity index is 2.25. The molecule has 0 bridgehead atoms. The number of hydrogen-bond acceptors (Lipinski definition) is 8. The van der Waals surface area contributed by atoms with Gasteiger partial charge >= 0.3 is 5.97 Å². The Bertz CT molecular complexity index is 937. The third kappa shape index (κ3) is 5.01. The van der Waals surface area contributed by atoms with Crippen LogP contribution in [-0.4, -0.2) is 42.0 Å². The molecule has 3 N–H and O–H groups in total. The lowest BCUT2D eigenvalue weighted by Gasteiger charge is -2.10. The van der Waals surface area contributed by atoms with Gasteiger partial charge in [-0.3, -0.25) is 10.1 Å². The van der Waals surface area contributed by atoms with E-state index in [0.717, 1.165) is 6.26 Å². The van der Waals surface area contributed by atoms with Crippen LogP contribution in [0.4, 0.5) is 17.5 Å². The highest BCUT2D eigenvalue weighted by Gasteiger charge is 2.11. The fourth-order valence-electron chi connectivity index (χ4n) is 1.86. The van der Waals surface area contributed by atoms with Gasteiger partial charge in [-0.05, 0) is 31.2 Å². The first-order chi connectivity index (χ1) is 11.7. The summed E-state index contributed by atoms with van der Waals surface area (Å²) in [6, 6.07) is 6.42. The van der Waals surface area contributed by atoms with E-state index >= 15 is 0 Å². The minimum atomic E-state index is -3.58. The molecule has 0 spiro atoms. The van der Waals surface area contributed by atoms with Crippen molar-refractivity contribution in [3.63, 3.8) is 0 Å². The second kappa shape index (κ2) is 7.30. The molecule has 1 heterocycles. The summed E-state index contributed by atoms with van der Waals surface area (Å²) in [5, 5.41) is 14.7. The molecule has 0 amide bonds. The van der Waals surface area contributed by atoms with E-state index in [1.807, 2.05) is 0 Å². The minimum absolute atomic E-state index is 0.0912. The number of aromatic nitrogens is 3. The van der Waals surface area contributed by atoms with Crippen LogP contribution in [0.1, 0.15) is 17.3 Å². The highest BCUT2D eigenvalue weighted by atomic mass is 32.2. The van der Waals surface area contributed by atoms with Gasteiger partial charge in [0.2, 0.25) is 16.0 Å². The number of nitrogens with one attached hydrogen (secondary N) is 3. The van der Waals surface area contributed by atoms with E-state index in [0.29, 0.717) is 17.9 Å². The number of hydrogen-bond donors (Lipinski definition) is 3. The number of rotatable bonds is 6. The Labute approximate surface area is 144 Å². The fraction of sp³-hybridized carbons (Fsp3) is 0.286. The summed E-state index contributed by atoms with van der Waals surface area (Å²) in [4.78, 5) is 15.6. The fourth-order valence-corrected chi connectivity index (χ4v) is 2.35. The van der Waals surface area contributed by atoms with E-state index in [1.165, 1.54) is 11.7 Å². The highest BCUT2D eigenvalue weighted by molar-refractivity contribution is 7.92. The van der Waals surface area contributed by atoms with Crippen molar-refractivity contribution in [2.45, 2.75) is 6.92 Å². The van der Waals surface area contributed by atoms with Crippen LogP contribution >= 0.6 is 0 Å². The number of sulfonamides is 1. The van der Waals surface area contributed by atoms with Crippen LogP contribution in [0.25, 0.3) is 0 Å². The third-order valence-corrected chi connectivity index (χ3v) is 3.51. The maximum atomic E-state index is 11.6. The second-order valence-electron chi connectivity index (χ2n) is 5.05. The van der Waals surface area contributed by atoms with Crippen molar-refractivity contribution < 1.29 is 17.9 Å². The van der Waals surface area contributed by atoms with Crippen molar-refractivity contribution >= 4 is 33.4 Å². The Morgan fingerprint density at radius 2 is 1.96 bits per heavy atom. The van der Waals surface area contributed by atoms with Gasteiger partial charge in [-0.25, -0.2) is 17.9 Å². The molecule has 0 aliphatic heterocycles. The lowest BCUT2D eigenvalue weighted by Crippen LogP contribution is -2.28. The molecule has 1 aromatic heterocycles. The zero-order valence-corrected chi connectivity index (χ0v) is 14.7. The SMILES string of the molecule is CCOC(=O)c1ccc(Nc2nc(NS(C)(=O)=O)c(=N)n(C)n2)cc1. The van der Waals surface area contributed by atoms with Crippen molar-refractivity contribution in [2.75, 3.05) is 22.9 Å². The van der Waals surface area contributed by atoms with Gasteiger partial charge in [0.1, 0.15) is 0 Å². The van der Waals surface area contributed by atoms with Crippen LogP contribution in [0.3, 0.4) is 0 Å². The average molecular weight is 366 g/mol. The number of aryl methyl sites for hydroxylation is 1. The summed E-state index contributed by atoms with van der Waals surface area (Å²) in [5.41, 5.74) is 0.796. The third-order valence-electron chi connectivity index (χ3n) is 2.94.